The fourth-order valence-electron chi connectivity index (χ4n) is 2.56. The molecule has 0 aliphatic carbocycles. The van der Waals surface area contributed by atoms with Crippen LogP contribution in [-0.4, -0.2) is 12.5 Å². The number of nitriles is 1. The Labute approximate surface area is 102 Å². The summed E-state index contributed by atoms with van der Waals surface area (Å²) in [6.07, 6.45) is 1.00. The standard InChI is InChI=1S/C14H16N2O/c1-3-16-12-8-5-4-7-11(12)14(2,13(16)17)9-6-10-15/h4-5,7-8H,3,6,9H2,1-2H3/t14-/m0/s1. The molecule has 1 aromatic rings. The Morgan fingerprint density at radius 1 is 1.41 bits per heavy atom. The Hall–Kier alpha value is -1.82. The zero-order chi connectivity index (χ0) is 12.5. The number of likely N-dealkylation sites (N-methyl/N-ethyl adjacent to an activating group) is 1. The third-order valence-corrected chi connectivity index (χ3v) is 3.56. The first-order valence-electron chi connectivity index (χ1n) is 5.93. The summed E-state index contributed by atoms with van der Waals surface area (Å²) in [5.74, 6) is 0.122. The van der Waals surface area contributed by atoms with Crippen molar-refractivity contribution in [2.45, 2.75) is 32.1 Å². The second kappa shape index (κ2) is 4.21. The van der Waals surface area contributed by atoms with E-state index in [2.05, 4.69) is 6.07 Å². The molecule has 1 heterocycles. The van der Waals surface area contributed by atoms with Crippen LogP contribution in [0.3, 0.4) is 0 Å². The first-order chi connectivity index (χ1) is 8.15. The van der Waals surface area contributed by atoms with Crippen LogP contribution in [0.5, 0.6) is 0 Å². The van der Waals surface area contributed by atoms with Gasteiger partial charge in [0.2, 0.25) is 5.91 Å². The molecule has 3 heteroatoms. The van der Waals surface area contributed by atoms with Gasteiger partial charge in [-0.15, -0.1) is 0 Å². The van der Waals surface area contributed by atoms with E-state index in [9.17, 15) is 4.79 Å². The molecular formula is C14H16N2O. The quantitative estimate of drug-likeness (QED) is 0.798. The minimum atomic E-state index is -0.525. The van der Waals surface area contributed by atoms with Crippen LogP contribution in [0, 0.1) is 11.3 Å². The third-order valence-electron chi connectivity index (χ3n) is 3.56. The minimum Gasteiger partial charge on any atom is -0.312 e. The molecule has 0 radical (unpaired) electrons. The van der Waals surface area contributed by atoms with Crippen LogP contribution in [0.4, 0.5) is 5.69 Å². The number of benzene rings is 1. The van der Waals surface area contributed by atoms with Gasteiger partial charge in [-0.2, -0.15) is 5.26 Å². The van der Waals surface area contributed by atoms with Crippen LogP contribution in [0.25, 0.3) is 0 Å². The van der Waals surface area contributed by atoms with E-state index in [1.54, 1.807) is 0 Å². The molecule has 0 N–H and O–H groups in total. The summed E-state index contributed by atoms with van der Waals surface area (Å²) in [6, 6.07) is 10.0. The van der Waals surface area contributed by atoms with Gasteiger partial charge in [-0.1, -0.05) is 18.2 Å². The van der Waals surface area contributed by atoms with Gasteiger partial charge in [0.1, 0.15) is 0 Å². The topological polar surface area (TPSA) is 44.1 Å². The van der Waals surface area contributed by atoms with Gasteiger partial charge in [0.25, 0.3) is 0 Å². The number of hydrogen-bond donors (Lipinski definition) is 0. The number of rotatable bonds is 3. The van der Waals surface area contributed by atoms with Crippen molar-refractivity contribution in [3.63, 3.8) is 0 Å². The molecule has 0 bridgehead atoms. The van der Waals surface area contributed by atoms with E-state index in [1.807, 2.05) is 43.0 Å². The Morgan fingerprint density at radius 3 is 2.76 bits per heavy atom. The largest absolute Gasteiger partial charge is 0.312 e. The van der Waals surface area contributed by atoms with Crippen molar-refractivity contribution in [1.29, 1.82) is 5.26 Å². The fraction of sp³-hybridized carbons (Fsp3) is 0.429. The highest BCUT2D eigenvalue weighted by atomic mass is 16.2. The first-order valence-corrected chi connectivity index (χ1v) is 5.93. The van der Waals surface area contributed by atoms with Gasteiger partial charge in [0.05, 0.1) is 11.5 Å². The van der Waals surface area contributed by atoms with Crippen LogP contribution in [0.15, 0.2) is 24.3 Å². The number of amides is 1. The average Bonchev–Trinajstić information content (AvgIpc) is 2.57. The number of carbonyl (C=O) groups excluding carboxylic acids is 1. The van der Waals surface area contributed by atoms with Crippen molar-refractivity contribution in [3.05, 3.63) is 29.8 Å². The molecule has 0 spiro atoms. The molecule has 0 fully saturated rings. The van der Waals surface area contributed by atoms with E-state index in [0.717, 1.165) is 11.3 Å². The van der Waals surface area contributed by atoms with Crippen molar-refractivity contribution in [1.82, 2.24) is 0 Å². The van der Waals surface area contributed by atoms with Crippen molar-refractivity contribution in [3.8, 4) is 6.07 Å². The molecule has 1 aromatic carbocycles. The van der Waals surface area contributed by atoms with Gasteiger partial charge >= 0.3 is 0 Å². The van der Waals surface area contributed by atoms with Gasteiger partial charge in [-0.25, -0.2) is 0 Å². The predicted octanol–water partition coefficient (Wildman–Crippen LogP) is 2.61. The Balaban J connectivity index is 2.49. The molecule has 2 rings (SSSR count). The highest BCUT2D eigenvalue weighted by Crippen LogP contribution is 2.43. The fourth-order valence-corrected chi connectivity index (χ4v) is 2.56. The zero-order valence-corrected chi connectivity index (χ0v) is 10.2. The Morgan fingerprint density at radius 2 is 2.12 bits per heavy atom. The lowest BCUT2D eigenvalue weighted by atomic mass is 9.80. The smallest absolute Gasteiger partial charge is 0.237 e. The molecule has 17 heavy (non-hydrogen) atoms. The van der Waals surface area contributed by atoms with E-state index in [4.69, 9.17) is 5.26 Å². The van der Waals surface area contributed by atoms with E-state index in [1.165, 1.54) is 0 Å². The highest BCUT2D eigenvalue weighted by molar-refractivity contribution is 6.07. The van der Waals surface area contributed by atoms with Crippen molar-refractivity contribution in [2.24, 2.45) is 0 Å². The lowest BCUT2D eigenvalue weighted by molar-refractivity contribution is -0.122. The number of para-hydroxylation sites is 1. The second-order valence-corrected chi connectivity index (χ2v) is 4.56. The molecule has 0 unspecified atom stereocenters. The van der Waals surface area contributed by atoms with Crippen LogP contribution in [0.2, 0.25) is 0 Å². The van der Waals surface area contributed by atoms with Gasteiger partial charge in [-0.05, 0) is 31.9 Å². The SMILES string of the molecule is CCN1C(=O)[C@@](C)(CCC#N)c2ccccc21. The lowest BCUT2D eigenvalue weighted by Gasteiger charge is -2.22. The maximum atomic E-state index is 12.4. The average molecular weight is 228 g/mol. The van der Waals surface area contributed by atoms with Gasteiger partial charge in [0.15, 0.2) is 0 Å². The zero-order valence-electron chi connectivity index (χ0n) is 10.2. The molecule has 0 aromatic heterocycles. The maximum Gasteiger partial charge on any atom is 0.237 e. The van der Waals surface area contributed by atoms with Crippen LogP contribution in [0.1, 0.15) is 32.3 Å². The van der Waals surface area contributed by atoms with Gasteiger partial charge in [-0.3, -0.25) is 4.79 Å². The summed E-state index contributed by atoms with van der Waals surface area (Å²) in [4.78, 5) is 14.2. The molecule has 88 valence electrons. The minimum absolute atomic E-state index is 0.122. The van der Waals surface area contributed by atoms with E-state index in [0.29, 0.717) is 19.4 Å². The number of hydrogen-bond acceptors (Lipinski definition) is 2. The summed E-state index contributed by atoms with van der Waals surface area (Å²) < 4.78 is 0. The molecule has 0 saturated carbocycles. The Kier molecular flexibility index (Phi) is 2.89. The maximum absolute atomic E-state index is 12.4. The summed E-state index contributed by atoms with van der Waals surface area (Å²) in [5.41, 5.74) is 1.53. The number of anilines is 1. The lowest BCUT2D eigenvalue weighted by Crippen LogP contribution is -2.38. The summed E-state index contributed by atoms with van der Waals surface area (Å²) in [5, 5.41) is 8.72. The molecule has 0 saturated heterocycles. The Bertz CT molecular complexity index is 489. The van der Waals surface area contributed by atoms with E-state index in [-0.39, 0.29) is 5.91 Å². The molecular weight excluding hydrogens is 212 g/mol. The van der Waals surface area contributed by atoms with Crippen LogP contribution >= 0.6 is 0 Å². The highest BCUT2D eigenvalue weighted by Gasteiger charge is 2.45. The normalized spacial score (nSPS) is 22.4. The number of nitrogens with zero attached hydrogens (tertiary/aromatic N) is 2. The van der Waals surface area contributed by atoms with Crippen LogP contribution in [-0.2, 0) is 10.2 Å². The van der Waals surface area contributed by atoms with Crippen molar-refractivity contribution in [2.75, 3.05) is 11.4 Å². The number of fused-ring (bicyclic) bond motifs is 1. The molecule has 1 aliphatic heterocycles. The van der Waals surface area contributed by atoms with Crippen molar-refractivity contribution >= 4 is 11.6 Å². The molecule has 1 aliphatic rings. The summed E-state index contributed by atoms with van der Waals surface area (Å²) in [6.45, 7) is 4.60. The molecule has 3 nitrogen and oxygen atoms in total. The van der Waals surface area contributed by atoms with Crippen molar-refractivity contribution < 1.29 is 4.79 Å². The van der Waals surface area contributed by atoms with Gasteiger partial charge in [0, 0.05) is 18.7 Å². The summed E-state index contributed by atoms with van der Waals surface area (Å²) >= 11 is 0. The molecule has 1 atom stereocenters. The number of carbonyl (C=O) groups is 1. The molecule has 1 amide bonds. The van der Waals surface area contributed by atoms with E-state index < -0.39 is 5.41 Å². The predicted molar refractivity (Wildman–Crippen MR) is 66.7 cm³/mol. The summed E-state index contributed by atoms with van der Waals surface area (Å²) in [7, 11) is 0. The van der Waals surface area contributed by atoms with Gasteiger partial charge < -0.3 is 4.90 Å². The first kappa shape index (κ1) is 11.7. The third kappa shape index (κ3) is 1.61. The second-order valence-electron chi connectivity index (χ2n) is 4.56. The van der Waals surface area contributed by atoms with E-state index >= 15 is 0 Å². The monoisotopic (exact) mass is 228 g/mol. The van der Waals surface area contributed by atoms with Crippen LogP contribution < -0.4 is 4.90 Å².